The molecule has 0 spiro atoms. The molecule has 0 unspecified atom stereocenters. The van der Waals surface area contributed by atoms with Gasteiger partial charge in [-0.05, 0) is 74.7 Å². The van der Waals surface area contributed by atoms with Gasteiger partial charge < -0.3 is 9.13 Å². The van der Waals surface area contributed by atoms with Gasteiger partial charge in [0.15, 0.2) is 0 Å². The van der Waals surface area contributed by atoms with E-state index in [-0.39, 0.29) is 0 Å². The number of aromatic nitrogens is 4. The SMILES string of the molecule is C=Cc1c(C=C)c(/C=C\C)n(-c2cc3c4c(cc(-n5c(/C=C\C)c(C=C)c6ccccc65)cc4c2)-c2nc(SC#N)c(SC#N)nc2-3)c1/C=C\C. The molecule has 3 aromatic heterocycles. The van der Waals surface area contributed by atoms with E-state index in [1.54, 1.807) is 0 Å². The summed E-state index contributed by atoms with van der Waals surface area (Å²) in [7, 11) is 0. The predicted molar refractivity (Wildman–Crippen MR) is 217 cm³/mol. The van der Waals surface area contributed by atoms with Crippen LogP contribution in [0.25, 0.3) is 92.0 Å². The van der Waals surface area contributed by atoms with Crippen molar-refractivity contribution in [3.63, 3.8) is 0 Å². The van der Waals surface area contributed by atoms with E-state index in [2.05, 4.69) is 94.3 Å². The molecular formula is C43H32N6S2. The van der Waals surface area contributed by atoms with Gasteiger partial charge >= 0.3 is 0 Å². The molecule has 0 saturated carbocycles. The normalized spacial score (nSPS) is 11.9. The van der Waals surface area contributed by atoms with Crippen LogP contribution in [0, 0.1) is 21.3 Å². The first-order valence-electron chi connectivity index (χ1n) is 16.3. The van der Waals surface area contributed by atoms with Crippen molar-refractivity contribution in [2.24, 2.45) is 0 Å². The number of nitrogens with zero attached hydrogens (tertiary/aromatic N) is 6. The lowest BCUT2D eigenvalue weighted by Crippen LogP contribution is -2.01. The molecule has 0 radical (unpaired) electrons. The smallest absolute Gasteiger partial charge is 0.145 e. The third-order valence-corrected chi connectivity index (χ3v) is 10.3. The summed E-state index contributed by atoms with van der Waals surface area (Å²) >= 11 is 1.83. The van der Waals surface area contributed by atoms with Gasteiger partial charge in [-0.3, -0.25) is 0 Å². The Labute approximate surface area is 305 Å². The number of fused-ring (bicyclic) bond motifs is 4. The molecular weight excluding hydrogens is 665 g/mol. The lowest BCUT2D eigenvalue weighted by Gasteiger charge is -2.16. The van der Waals surface area contributed by atoms with Gasteiger partial charge in [0.05, 0.1) is 34.0 Å². The molecule has 246 valence electrons. The van der Waals surface area contributed by atoms with Crippen LogP contribution in [-0.2, 0) is 0 Å². The summed E-state index contributed by atoms with van der Waals surface area (Å²) in [6, 6.07) is 17.1. The number of hydrogen-bond donors (Lipinski definition) is 0. The second-order valence-electron chi connectivity index (χ2n) is 11.7. The van der Waals surface area contributed by atoms with Crippen LogP contribution in [0.5, 0.6) is 0 Å². The van der Waals surface area contributed by atoms with Crippen LogP contribution in [0.2, 0.25) is 0 Å². The number of nitriles is 2. The first kappa shape index (κ1) is 33.4. The van der Waals surface area contributed by atoms with Crippen molar-refractivity contribution in [2.75, 3.05) is 0 Å². The molecule has 7 rings (SSSR count). The summed E-state index contributed by atoms with van der Waals surface area (Å²) < 4.78 is 4.50. The Kier molecular flexibility index (Phi) is 8.97. The van der Waals surface area contributed by atoms with Crippen molar-refractivity contribution in [3.05, 3.63) is 120 Å². The Hall–Kier alpha value is -6.06. The third-order valence-electron chi connectivity index (χ3n) is 9.03. The molecule has 1 aliphatic carbocycles. The van der Waals surface area contributed by atoms with E-state index >= 15 is 0 Å². The Morgan fingerprint density at radius 3 is 1.59 bits per heavy atom. The predicted octanol–water partition coefficient (Wildman–Crippen LogP) is 12.2. The maximum Gasteiger partial charge on any atom is 0.145 e. The standard InChI is InChI=1S/C43H32N6S2/c1-7-15-35-29(10-4)30(11-5)36(16-8-2)48(35)27-20-26-21-28(49-37(17-9-3)31(12-6)32-18-13-14-19-38(32)49)23-34-39(26)33(22-27)40-41(34)47-43(51-25-45)42(46-40)50-24-44/h7-23H,4-6H2,1-3H3/b15-7-,16-8-,17-9-. The molecule has 6 nitrogen and oxygen atoms in total. The maximum absolute atomic E-state index is 9.66. The topological polar surface area (TPSA) is 83.2 Å². The number of hydrogen-bond acceptors (Lipinski definition) is 6. The van der Waals surface area contributed by atoms with E-state index in [9.17, 15) is 10.5 Å². The molecule has 0 saturated heterocycles. The number of thioether (sulfide) groups is 2. The summed E-state index contributed by atoms with van der Waals surface area (Å²) in [5, 5.41) is 27.5. The van der Waals surface area contributed by atoms with Crippen LogP contribution in [-0.4, -0.2) is 19.1 Å². The van der Waals surface area contributed by atoms with Crippen molar-refractivity contribution in [2.45, 2.75) is 30.8 Å². The fourth-order valence-corrected chi connectivity index (χ4v) is 8.18. The molecule has 8 heteroatoms. The molecule has 0 atom stereocenters. The van der Waals surface area contributed by atoms with Crippen LogP contribution < -0.4 is 0 Å². The summed E-state index contributed by atoms with van der Waals surface area (Å²) in [4.78, 5) is 10.1. The average molecular weight is 697 g/mol. The third kappa shape index (κ3) is 5.20. The van der Waals surface area contributed by atoms with Crippen LogP contribution in [0.3, 0.4) is 0 Å². The van der Waals surface area contributed by atoms with Crippen LogP contribution in [0.4, 0.5) is 0 Å². The molecule has 1 aliphatic rings. The summed E-state index contributed by atoms with van der Waals surface area (Å²) in [6.07, 6.45) is 18.1. The lowest BCUT2D eigenvalue weighted by atomic mass is 10.0. The van der Waals surface area contributed by atoms with E-state index in [0.717, 1.165) is 101 Å². The van der Waals surface area contributed by atoms with Crippen molar-refractivity contribution in [3.8, 4) is 44.7 Å². The zero-order valence-electron chi connectivity index (χ0n) is 28.4. The van der Waals surface area contributed by atoms with E-state index < -0.39 is 0 Å². The number of thiocyanates is 2. The lowest BCUT2D eigenvalue weighted by molar-refractivity contribution is 0.942. The Balaban J connectivity index is 1.66. The zero-order chi connectivity index (χ0) is 35.8. The zero-order valence-corrected chi connectivity index (χ0v) is 30.1. The summed E-state index contributed by atoms with van der Waals surface area (Å²) in [6.45, 7) is 18.5. The highest BCUT2D eigenvalue weighted by molar-refractivity contribution is 8.06. The minimum absolute atomic E-state index is 0.407. The molecule has 3 heterocycles. The first-order valence-corrected chi connectivity index (χ1v) is 18.0. The minimum atomic E-state index is 0.407. The first-order chi connectivity index (χ1) is 25.0. The van der Waals surface area contributed by atoms with Gasteiger partial charge in [-0.1, -0.05) is 74.4 Å². The summed E-state index contributed by atoms with van der Waals surface area (Å²) in [5.74, 6) is 0. The van der Waals surface area contributed by atoms with Crippen molar-refractivity contribution >= 4 is 81.7 Å². The largest absolute Gasteiger partial charge is 0.309 e. The Bertz CT molecular complexity index is 2610. The van der Waals surface area contributed by atoms with Gasteiger partial charge in [0.1, 0.15) is 20.9 Å². The molecule has 51 heavy (non-hydrogen) atoms. The average Bonchev–Trinajstić information content (AvgIpc) is 3.73. The molecule has 3 aromatic carbocycles. The Morgan fingerprint density at radius 1 is 0.647 bits per heavy atom. The summed E-state index contributed by atoms with van der Waals surface area (Å²) in [5.41, 5.74) is 12.1. The van der Waals surface area contributed by atoms with E-state index in [0.29, 0.717) is 21.4 Å². The molecule has 0 bridgehead atoms. The number of rotatable bonds is 10. The van der Waals surface area contributed by atoms with Gasteiger partial charge in [0, 0.05) is 73.5 Å². The molecule has 0 fully saturated rings. The van der Waals surface area contributed by atoms with Crippen molar-refractivity contribution in [1.29, 1.82) is 10.5 Å². The van der Waals surface area contributed by atoms with Gasteiger partial charge in [-0.25, -0.2) is 9.97 Å². The maximum atomic E-state index is 9.66. The Morgan fingerprint density at radius 2 is 1.12 bits per heavy atom. The van der Waals surface area contributed by atoms with Crippen molar-refractivity contribution in [1.82, 2.24) is 19.1 Å². The van der Waals surface area contributed by atoms with Gasteiger partial charge in [0.2, 0.25) is 0 Å². The van der Waals surface area contributed by atoms with E-state index in [1.165, 1.54) is 0 Å². The highest BCUT2D eigenvalue weighted by Gasteiger charge is 2.30. The highest BCUT2D eigenvalue weighted by Crippen LogP contribution is 2.50. The molecule has 0 aliphatic heterocycles. The fraction of sp³-hybridized carbons (Fsp3) is 0.0698. The molecule has 6 aromatic rings. The second kappa shape index (κ2) is 13.7. The quantitative estimate of drug-likeness (QED) is 0.105. The number of allylic oxidation sites excluding steroid dienone is 3. The van der Waals surface area contributed by atoms with Gasteiger partial charge in [-0.2, -0.15) is 10.5 Å². The minimum Gasteiger partial charge on any atom is -0.309 e. The highest BCUT2D eigenvalue weighted by atomic mass is 32.2. The molecule has 0 N–H and O–H groups in total. The van der Waals surface area contributed by atoms with Crippen LogP contribution in [0.1, 0.15) is 54.5 Å². The second-order valence-corrected chi connectivity index (χ2v) is 13.2. The van der Waals surface area contributed by atoms with Gasteiger partial charge in [-0.15, -0.1) is 0 Å². The van der Waals surface area contributed by atoms with Crippen molar-refractivity contribution < 1.29 is 0 Å². The fourth-order valence-electron chi connectivity index (χ4n) is 7.21. The number of para-hydroxylation sites is 1. The van der Waals surface area contributed by atoms with E-state index in [1.807, 2.05) is 69.4 Å². The monoisotopic (exact) mass is 696 g/mol. The van der Waals surface area contributed by atoms with E-state index in [4.69, 9.17) is 9.97 Å². The van der Waals surface area contributed by atoms with Crippen LogP contribution in [0.15, 0.2) is 96.5 Å². The van der Waals surface area contributed by atoms with Gasteiger partial charge in [0.25, 0.3) is 0 Å². The number of benzene rings is 3. The molecule has 0 amide bonds. The van der Waals surface area contributed by atoms with Crippen LogP contribution >= 0.6 is 23.5 Å².